The van der Waals surface area contributed by atoms with Crippen molar-refractivity contribution in [2.45, 2.75) is 0 Å². The Morgan fingerprint density at radius 3 is 2.38 bits per heavy atom. The molecule has 1 aromatic heterocycles. The summed E-state index contributed by atoms with van der Waals surface area (Å²) in [4.78, 5) is 0. The molecule has 1 nitrogen and oxygen atoms in total. The first-order chi connectivity index (χ1) is 5.88. The Morgan fingerprint density at radius 1 is 1.00 bits per heavy atom. The quantitative estimate of drug-likeness (QED) is 0.453. The van der Waals surface area contributed by atoms with E-state index in [1.807, 2.05) is 46.9 Å². The first-order valence-electron chi connectivity index (χ1n) is 3.68. The number of rotatable bonds is 1. The van der Waals surface area contributed by atoms with Crippen LogP contribution in [-0.4, -0.2) is 0 Å². The van der Waals surface area contributed by atoms with Gasteiger partial charge >= 0.3 is 0 Å². The second-order valence-corrected chi connectivity index (χ2v) is 3.73. The van der Waals surface area contributed by atoms with E-state index in [0.29, 0.717) is 0 Å². The molecule has 13 heavy (non-hydrogen) atoms. The van der Waals surface area contributed by atoms with Crippen molar-refractivity contribution in [2.24, 2.45) is 0 Å². The van der Waals surface area contributed by atoms with Crippen LogP contribution in [0.25, 0.3) is 11.3 Å². The number of furan rings is 1. The van der Waals surface area contributed by atoms with E-state index in [1.165, 1.54) is 9.13 Å². The molecule has 0 spiro atoms. The number of benzene rings is 1. The monoisotopic (exact) mass is 398 g/mol. The number of hydrogen-bond donors (Lipinski definition) is 0. The summed E-state index contributed by atoms with van der Waals surface area (Å²) in [6, 6.07) is 12.1. The topological polar surface area (TPSA) is 13.1 Å². The van der Waals surface area contributed by atoms with Crippen LogP contribution in [0, 0.1) is 3.57 Å². The molecule has 0 saturated carbocycles. The van der Waals surface area contributed by atoms with E-state index in [9.17, 15) is 0 Å². The minimum absolute atomic E-state index is 0. The van der Waals surface area contributed by atoms with Crippen molar-refractivity contribution >= 4 is 0 Å². The summed E-state index contributed by atoms with van der Waals surface area (Å²) in [6.45, 7) is 0. The van der Waals surface area contributed by atoms with Crippen LogP contribution in [0.2, 0.25) is 0 Å². The first kappa shape index (κ1) is 11.0. The SMILES string of the molecule is [I-].[IH+]c1ccccc1-c1ccco1. The predicted octanol–water partition coefficient (Wildman–Crippen LogP) is -3.59. The van der Waals surface area contributed by atoms with E-state index in [0.717, 1.165) is 5.76 Å². The molecule has 0 N–H and O–H groups in total. The molecular weight excluding hydrogens is 390 g/mol. The third-order valence-electron chi connectivity index (χ3n) is 1.67. The summed E-state index contributed by atoms with van der Waals surface area (Å²) in [6.07, 6.45) is 1.70. The predicted molar refractivity (Wildman–Crippen MR) is 44.2 cm³/mol. The molecule has 1 heterocycles. The van der Waals surface area contributed by atoms with Gasteiger partial charge in [-0.25, -0.2) is 0 Å². The van der Waals surface area contributed by atoms with Gasteiger partial charge in [-0.15, -0.1) is 0 Å². The molecule has 0 aliphatic carbocycles. The highest BCUT2D eigenvalue weighted by Crippen LogP contribution is 2.18. The standard InChI is InChI=1S/C10H8IO.HI/c11-9-5-2-1-4-8(9)10-6-3-7-12-10;/h1-7,11H;1H/q+1;/p-1. The summed E-state index contributed by atoms with van der Waals surface area (Å²) in [5.74, 6) is 0.941. The lowest BCUT2D eigenvalue weighted by Gasteiger charge is -1.93. The minimum Gasteiger partial charge on any atom is -1.00 e. The fourth-order valence-electron chi connectivity index (χ4n) is 1.10. The lowest BCUT2D eigenvalue weighted by molar-refractivity contribution is -0.326. The van der Waals surface area contributed by atoms with E-state index in [1.54, 1.807) is 6.26 Å². The lowest BCUT2D eigenvalue weighted by atomic mass is 10.2. The van der Waals surface area contributed by atoms with Crippen LogP contribution < -0.4 is 46.6 Å². The van der Waals surface area contributed by atoms with Crippen molar-refractivity contribution in [3.05, 3.63) is 46.2 Å². The normalized spacial score (nSPS) is 9.31. The highest BCUT2D eigenvalue weighted by molar-refractivity contribution is 5.55. The Kier molecular flexibility index (Phi) is 4.24. The third kappa shape index (κ3) is 2.46. The molecule has 0 radical (unpaired) electrons. The van der Waals surface area contributed by atoms with E-state index in [-0.39, 0.29) is 24.0 Å². The zero-order valence-electron chi connectivity index (χ0n) is 6.74. The summed E-state index contributed by atoms with van der Waals surface area (Å²) in [5.41, 5.74) is 1.17. The van der Waals surface area contributed by atoms with Gasteiger partial charge in [-0.3, -0.25) is 0 Å². The van der Waals surface area contributed by atoms with Gasteiger partial charge < -0.3 is 28.4 Å². The summed E-state index contributed by atoms with van der Waals surface area (Å²) < 4.78 is 6.55. The largest absolute Gasteiger partial charge is 1.00 e. The summed E-state index contributed by atoms with van der Waals surface area (Å²) >= 11 is 2.01. The maximum Gasteiger partial charge on any atom is 0.297 e. The van der Waals surface area contributed by atoms with Gasteiger partial charge in [0.25, 0.3) is 22.6 Å². The maximum absolute atomic E-state index is 5.30. The smallest absolute Gasteiger partial charge is 0.297 e. The molecule has 0 aliphatic rings. The lowest BCUT2D eigenvalue weighted by Crippen LogP contribution is -3.34. The molecule has 0 aliphatic heterocycles. The van der Waals surface area contributed by atoms with Gasteiger partial charge in [0.1, 0.15) is 5.76 Å². The Labute approximate surface area is 108 Å². The van der Waals surface area contributed by atoms with E-state index in [2.05, 4.69) is 12.1 Å². The fourth-order valence-corrected chi connectivity index (χ4v) is 1.81. The summed E-state index contributed by atoms with van der Waals surface area (Å²) in [5, 5.41) is 0. The zero-order chi connectivity index (χ0) is 8.39. The molecule has 0 unspecified atom stereocenters. The van der Waals surface area contributed by atoms with Gasteiger partial charge in [-0.2, -0.15) is 0 Å². The van der Waals surface area contributed by atoms with Crippen LogP contribution in [0.1, 0.15) is 0 Å². The van der Waals surface area contributed by atoms with Gasteiger partial charge in [-0.05, 0) is 24.3 Å². The first-order valence-corrected chi connectivity index (χ1v) is 4.84. The third-order valence-corrected chi connectivity index (χ3v) is 2.69. The Balaban J connectivity index is 0.000000845. The van der Waals surface area contributed by atoms with Gasteiger partial charge in [0, 0.05) is 0 Å². The molecule has 2 rings (SSSR count). The van der Waals surface area contributed by atoms with E-state index in [4.69, 9.17) is 4.42 Å². The number of halogens is 2. The molecular formula is C10H8I2O. The highest BCUT2D eigenvalue weighted by atomic mass is 127. The van der Waals surface area contributed by atoms with Crippen LogP contribution in [0.15, 0.2) is 47.1 Å². The van der Waals surface area contributed by atoms with Crippen LogP contribution in [0.3, 0.4) is 0 Å². The van der Waals surface area contributed by atoms with Crippen molar-refractivity contribution in [2.75, 3.05) is 0 Å². The molecule has 0 fully saturated rings. The van der Waals surface area contributed by atoms with Gasteiger partial charge in [0.05, 0.1) is 11.8 Å². The van der Waals surface area contributed by atoms with Crippen molar-refractivity contribution < 1.29 is 51.0 Å². The van der Waals surface area contributed by atoms with E-state index >= 15 is 0 Å². The molecule has 0 atom stereocenters. The molecule has 2 aromatic rings. The number of hydrogen-bond acceptors (Lipinski definition) is 1. The van der Waals surface area contributed by atoms with Gasteiger partial charge in [-0.1, -0.05) is 12.1 Å². The van der Waals surface area contributed by atoms with Crippen LogP contribution >= 0.6 is 0 Å². The van der Waals surface area contributed by atoms with Crippen molar-refractivity contribution in [3.63, 3.8) is 0 Å². The Morgan fingerprint density at radius 2 is 1.77 bits per heavy atom. The second-order valence-electron chi connectivity index (χ2n) is 2.47. The fraction of sp³-hybridized carbons (Fsp3) is 0. The van der Waals surface area contributed by atoms with Crippen molar-refractivity contribution in [1.82, 2.24) is 0 Å². The molecule has 0 saturated heterocycles. The average molecular weight is 398 g/mol. The molecule has 3 heteroatoms. The van der Waals surface area contributed by atoms with Gasteiger partial charge in [0.15, 0.2) is 3.57 Å². The Bertz CT molecular complexity index is 368. The average Bonchev–Trinajstić information content (AvgIpc) is 2.57. The van der Waals surface area contributed by atoms with Crippen LogP contribution in [0.5, 0.6) is 0 Å². The highest BCUT2D eigenvalue weighted by Gasteiger charge is 2.08. The zero-order valence-corrected chi connectivity index (χ0v) is 11.2. The summed E-state index contributed by atoms with van der Waals surface area (Å²) in [7, 11) is 0. The van der Waals surface area contributed by atoms with Crippen LogP contribution in [0.4, 0.5) is 0 Å². The molecule has 0 amide bonds. The Hall–Kier alpha value is -0.0400. The molecule has 68 valence electrons. The van der Waals surface area contributed by atoms with Crippen molar-refractivity contribution in [1.29, 1.82) is 0 Å². The van der Waals surface area contributed by atoms with Crippen LogP contribution in [-0.2, 0) is 0 Å². The minimum atomic E-state index is 0. The van der Waals surface area contributed by atoms with Crippen molar-refractivity contribution in [3.8, 4) is 11.3 Å². The maximum atomic E-state index is 5.30. The van der Waals surface area contributed by atoms with E-state index < -0.39 is 0 Å². The molecule has 0 bridgehead atoms. The second kappa shape index (κ2) is 4.99. The van der Waals surface area contributed by atoms with Gasteiger partial charge in [0.2, 0.25) is 0 Å². The molecule has 1 aromatic carbocycles.